The number of rotatable bonds is 4. The maximum Gasteiger partial charge on any atom is 0.339 e. The normalized spacial score (nSPS) is 10.3. The summed E-state index contributed by atoms with van der Waals surface area (Å²) in [5.41, 5.74) is -1.38. The van der Waals surface area contributed by atoms with E-state index in [-0.39, 0.29) is 11.4 Å². The Morgan fingerprint density at radius 1 is 0.652 bits per heavy atom. The Kier molecular flexibility index (Phi) is 3.86. The average Bonchev–Trinajstić information content (AvgIpc) is 2.45. The number of benzene rings is 2. The van der Waals surface area contributed by atoms with Gasteiger partial charge in [-0.2, -0.15) is 0 Å². The van der Waals surface area contributed by atoms with Crippen LogP contribution in [-0.2, 0) is 0 Å². The van der Waals surface area contributed by atoms with Crippen molar-refractivity contribution < 1.29 is 40.2 Å². The van der Waals surface area contributed by atoms with Gasteiger partial charge in [0.05, 0.1) is 11.4 Å². The van der Waals surface area contributed by atoms with Crippen LogP contribution in [0.4, 0.5) is 11.4 Å². The van der Waals surface area contributed by atoms with E-state index in [1.807, 2.05) is 0 Å². The zero-order valence-corrected chi connectivity index (χ0v) is 11.3. The minimum absolute atomic E-state index is 0.162. The number of phenols is 4. The van der Waals surface area contributed by atoms with E-state index in [0.717, 1.165) is 24.3 Å². The molecule has 0 heterocycles. The summed E-state index contributed by atoms with van der Waals surface area (Å²) in [5, 5.41) is 58.8. The number of phenolic OH excluding ortho intramolecular Hbond substituents is 2. The van der Waals surface area contributed by atoms with Crippen molar-refractivity contribution in [2.24, 2.45) is 0 Å². The van der Waals surface area contributed by atoms with Gasteiger partial charge in [-0.3, -0.25) is 0 Å². The molecular weight excluding hydrogens is 310 g/mol. The molecule has 0 unspecified atom stereocenters. The molecule has 0 fully saturated rings. The van der Waals surface area contributed by atoms with Crippen molar-refractivity contribution in [3.8, 4) is 23.0 Å². The van der Waals surface area contributed by atoms with Gasteiger partial charge in [0.25, 0.3) is 0 Å². The third-order valence-corrected chi connectivity index (χ3v) is 2.96. The first kappa shape index (κ1) is 15.8. The second-order valence-electron chi connectivity index (χ2n) is 4.51. The lowest BCUT2D eigenvalue weighted by atomic mass is 10.1. The third kappa shape index (κ3) is 3.02. The van der Waals surface area contributed by atoms with Crippen molar-refractivity contribution in [1.82, 2.24) is 0 Å². The molecule has 120 valence electrons. The second-order valence-corrected chi connectivity index (χ2v) is 4.51. The fourth-order valence-corrected chi connectivity index (χ4v) is 1.84. The third-order valence-electron chi connectivity index (χ3n) is 2.96. The Bertz CT molecular complexity index is 747. The average molecular weight is 321 g/mol. The van der Waals surface area contributed by atoms with E-state index in [1.165, 1.54) is 0 Å². The van der Waals surface area contributed by atoms with E-state index in [0.29, 0.717) is 0 Å². The fraction of sp³-hybridized carbons (Fsp3) is 0. The highest BCUT2D eigenvalue weighted by atomic mass is 16.4. The van der Waals surface area contributed by atoms with E-state index in [1.54, 1.807) is 0 Å². The van der Waals surface area contributed by atoms with Gasteiger partial charge >= 0.3 is 11.9 Å². The van der Waals surface area contributed by atoms with Gasteiger partial charge in [-0.1, -0.05) is 0 Å². The van der Waals surface area contributed by atoms with Crippen LogP contribution >= 0.6 is 0 Å². The lowest BCUT2D eigenvalue weighted by Gasteiger charge is -2.13. The van der Waals surface area contributed by atoms with Gasteiger partial charge in [-0.15, -0.1) is 0 Å². The first-order valence-electron chi connectivity index (χ1n) is 6.06. The Balaban J connectivity index is 2.44. The molecule has 23 heavy (non-hydrogen) atoms. The molecule has 7 N–H and O–H groups in total. The molecule has 0 atom stereocenters. The summed E-state index contributed by atoms with van der Waals surface area (Å²) in [4.78, 5) is 21.6. The molecule has 9 heteroatoms. The summed E-state index contributed by atoms with van der Waals surface area (Å²) in [6, 6.07) is 3.39. The lowest BCUT2D eigenvalue weighted by Crippen LogP contribution is -2.00. The van der Waals surface area contributed by atoms with Crippen LogP contribution in [0, 0.1) is 0 Å². The molecular formula is C14H11NO8. The molecule has 0 aliphatic heterocycles. The van der Waals surface area contributed by atoms with Crippen LogP contribution in [0.25, 0.3) is 0 Å². The van der Waals surface area contributed by atoms with Gasteiger partial charge in [-0.05, 0) is 0 Å². The van der Waals surface area contributed by atoms with E-state index < -0.39 is 46.1 Å². The summed E-state index contributed by atoms with van der Waals surface area (Å²) in [6.07, 6.45) is 0. The minimum atomic E-state index is -1.45. The van der Waals surface area contributed by atoms with Crippen LogP contribution in [-0.4, -0.2) is 42.6 Å². The van der Waals surface area contributed by atoms with Crippen LogP contribution < -0.4 is 5.32 Å². The number of carboxylic acid groups (broad SMARTS) is 2. The van der Waals surface area contributed by atoms with Gasteiger partial charge in [0.2, 0.25) is 0 Å². The second kappa shape index (κ2) is 5.64. The van der Waals surface area contributed by atoms with Crippen LogP contribution in [0.15, 0.2) is 24.3 Å². The number of carboxylic acids is 2. The predicted molar refractivity (Wildman–Crippen MR) is 76.7 cm³/mol. The standard InChI is InChI=1S/C14H11NO8/c16-9-3-7(11(18)1-5(9)13(20)21)15-8-4-10(17)6(14(22)23)2-12(8)19/h1-4,15-19H,(H,20,21)(H,22,23). The highest BCUT2D eigenvalue weighted by Gasteiger charge is 2.17. The fourth-order valence-electron chi connectivity index (χ4n) is 1.84. The highest BCUT2D eigenvalue weighted by Crippen LogP contribution is 2.38. The first-order chi connectivity index (χ1) is 10.7. The van der Waals surface area contributed by atoms with Gasteiger partial charge in [-0.25, -0.2) is 9.59 Å². The molecule has 0 saturated carbocycles. The first-order valence-corrected chi connectivity index (χ1v) is 6.06. The molecule has 2 aromatic carbocycles. The number of carbonyl (C=O) groups is 2. The lowest BCUT2D eigenvalue weighted by molar-refractivity contribution is 0.0682. The molecule has 0 aromatic heterocycles. The number of aromatic hydroxyl groups is 4. The van der Waals surface area contributed by atoms with Gasteiger partial charge in [0.1, 0.15) is 34.1 Å². The molecule has 2 rings (SSSR count). The smallest absolute Gasteiger partial charge is 0.339 e. The van der Waals surface area contributed by atoms with E-state index >= 15 is 0 Å². The quantitative estimate of drug-likeness (QED) is 0.327. The summed E-state index contributed by atoms with van der Waals surface area (Å²) in [6.45, 7) is 0. The molecule has 0 spiro atoms. The van der Waals surface area contributed by atoms with Crippen molar-refractivity contribution in [1.29, 1.82) is 0 Å². The van der Waals surface area contributed by atoms with Crippen molar-refractivity contribution in [2.75, 3.05) is 5.32 Å². The molecule has 0 radical (unpaired) electrons. The highest BCUT2D eigenvalue weighted by molar-refractivity contribution is 5.94. The zero-order valence-electron chi connectivity index (χ0n) is 11.3. The minimum Gasteiger partial charge on any atom is -0.507 e. The maximum atomic E-state index is 10.8. The van der Waals surface area contributed by atoms with Crippen LogP contribution in [0.3, 0.4) is 0 Å². The monoisotopic (exact) mass is 321 g/mol. The molecule has 0 aliphatic carbocycles. The van der Waals surface area contributed by atoms with Gasteiger partial charge in [0, 0.05) is 24.3 Å². The summed E-state index contributed by atoms with van der Waals surface area (Å²) in [5.74, 6) is -5.25. The number of hydrogen-bond acceptors (Lipinski definition) is 7. The Morgan fingerprint density at radius 3 is 1.30 bits per heavy atom. The van der Waals surface area contributed by atoms with Gasteiger partial charge < -0.3 is 36.0 Å². The Hall–Kier alpha value is -3.62. The number of anilines is 2. The van der Waals surface area contributed by atoms with Crippen molar-refractivity contribution >= 4 is 23.3 Å². The molecule has 0 saturated heterocycles. The molecule has 0 aliphatic rings. The van der Waals surface area contributed by atoms with Gasteiger partial charge in [0.15, 0.2) is 0 Å². The molecule has 0 amide bonds. The summed E-state index contributed by atoms with van der Waals surface area (Å²) >= 11 is 0. The summed E-state index contributed by atoms with van der Waals surface area (Å²) < 4.78 is 0. The van der Waals surface area contributed by atoms with E-state index in [4.69, 9.17) is 10.2 Å². The topological polar surface area (TPSA) is 168 Å². The van der Waals surface area contributed by atoms with Crippen molar-refractivity contribution in [2.45, 2.75) is 0 Å². The Labute approximate surface area is 128 Å². The molecule has 0 bridgehead atoms. The largest absolute Gasteiger partial charge is 0.507 e. The van der Waals surface area contributed by atoms with Crippen molar-refractivity contribution in [3.63, 3.8) is 0 Å². The predicted octanol–water partition coefficient (Wildman–Crippen LogP) is 1.65. The van der Waals surface area contributed by atoms with Crippen LogP contribution in [0.2, 0.25) is 0 Å². The maximum absolute atomic E-state index is 10.8. The van der Waals surface area contributed by atoms with E-state index in [9.17, 15) is 30.0 Å². The van der Waals surface area contributed by atoms with Crippen molar-refractivity contribution in [3.05, 3.63) is 35.4 Å². The Morgan fingerprint density at radius 2 is 1.00 bits per heavy atom. The van der Waals surface area contributed by atoms with Crippen LogP contribution in [0.5, 0.6) is 23.0 Å². The number of nitrogens with one attached hydrogen (secondary N) is 1. The number of aromatic carboxylic acids is 2. The SMILES string of the molecule is O=C(O)c1cc(O)c(Nc2cc(O)c(C(=O)O)cc2O)cc1O. The van der Waals surface area contributed by atoms with Crippen LogP contribution in [0.1, 0.15) is 20.7 Å². The summed E-state index contributed by atoms with van der Waals surface area (Å²) in [7, 11) is 0. The molecule has 9 nitrogen and oxygen atoms in total. The molecule has 2 aromatic rings. The zero-order chi connectivity index (χ0) is 17.3. The van der Waals surface area contributed by atoms with E-state index in [2.05, 4.69) is 5.32 Å². The number of hydrogen-bond donors (Lipinski definition) is 7.